The number of nitrogens with zero attached hydrogens (tertiary/aromatic N) is 3. The molecule has 2 heterocycles. The van der Waals surface area contributed by atoms with Crippen LogP contribution >= 0.6 is 0 Å². The van der Waals surface area contributed by atoms with Gasteiger partial charge in [0.25, 0.3) is 5.88 Å². The van der Waals surface area contributed by atoms with Crippen molar-refractivity contribution in [2.24, 2.45) is 0 Å². The van der Waals surface area contributed by atoms with Crippen molar-refractivity contribution in [3.05, 3.63) is 30.2 Å². The van der Waals surface area contributed by atoms with Crippen molar-refractivity contribution >= 4 is 17.6 Å². The zero-order valence-electron chi connectivity index (χ0n) is 8.55. The van der Waals surface area contributed by atoms with Gasteiger partial charge in [-0.15, -0.1) is 5.10 Å². The molecule has 2 aromatic heterocycles. The Morgan fingerprint density at radius 2 is 2.24 bits per heavy atom. The Labute approximate surface area is 95.0 Å². The molecule has 0 atom stereocenters. The predicted octanol–water partition coefficient (Wildman–Crippen LogP) is 1.58. The molecule has 0 aliphatic carbocycles. The summed E-state index contributed by atoms with van der Waals surface area (Å²) >= 11 is 0. The number of aromatic nitrogens is 3. The van der Waals surface area contributed by atoms with Gasteiger partial charge in [0.15, 0.2) is 0 Å². The maximum atomic E-state index is 12.3. The smallest absolute Gasteiger partial charge is 0.319 e. The second-order valence-corrected chi connectivity index (χ2v) is 3.08. The molecule has 17 heavy (non-hydrogen) atoms. The first-order valence-corrected chi connectivity index (χ1v) is 4.63. The second-order valence-electron chi connectivity index (χ2n) is 3.08. The molecule has 7 nitrogen and oxygen atoms in total. The van der Waals surface area contributed by atoms with Gasteiger partial charge in [-0.05, 0) is 6.07 Å². The SMILES string of the molecule is O=C(Nc1cncc(CF)c1)Nc1cnno1. The van der Waals surface area contributed by atoms with Crippen LogP contribution in [0, 0.1) is 0 Å². The summed E-state index contributed by atoms with van der Waals surface area (Å²) in [6.07, 6.45) is 4.02. The Hall–Kier alpha value is -2.51. The number of halogens is 1. The third-order valence-electron chi connectivity index (χ3n) is 1.81. The van der Waals surface area contributed by atoms with Crippen molar-refractivity contribution < 1.29 is 13.7 Å². The van der Waals surface area contributed by atoms with E-state index >= 15 is 0 Å². The molecule has 0 unspecified atom stereocenters. The number of alkyl halides is 1. The molecule has 0 fully saturated rings. The van der Waals surface area contributed by atoms with E-state index in [0.717, 1.165) is 0 Å². The van der Waals surface area contributed by atoms with Crippen LogP contribution in [0.4, 0.5) is 20.8 Å². The zero-order valence-corrected chi connectivity index (χ0v) is 8.55. The van der Waals surface area contributed by atoms with E-state index in [1.54, 1.807) is 0 Å². The Kier molecular flexibility index (Phi) is 3.24. The summed E-state index contributed by atoms with van der Waals surface area (Å²) < 4.78 is 16.9. The summed E-state index contributed by atoms with van der Waals surface area (Å²) in [5.74, 6) is 0.108. The fourth-order valence-corrected chi connectivity index (χ4v) is 1.13. The van der Waals surface area contributed by atoms with Gasteiger partial charge in [0.05, 0.1) is 11.9 Å². The van der Waals surface area contributed by atoms with E-state index in [1.165, 1.54) is 24.7 Å². The minimum Gasteiger partial charge on any atom is -0.319 e. The third-order valence-corrected chi connectivity index (χ3v) is 1.81. The van der Waals surface area contributed by atoms with Crippen LogP contribution in [0.1, 0.15) is 5.56 Å². The first kappa shape index (κ1) is 11.0. The van der Waals surface area contributed by atoms with E-state index in [0.29, 0.717) is 11.3 Å². The van der Waals surface area contributed by atoms with Crippen LogP contribution in [0.15, 0.2) is 29.2 Å². The van der Waals surface area contributed by atoms with Gasteiger partial charge in [0.2, 0.25) is 0 Å². The lowest BCUT2D eigenvalue weighted by Crippen LogP contribution is -2.19. The molecule has 2 rings (SSSR count). The molecular formula is C9H8FN5O2. The van der Waals surface area contributed by atoms with Crippen LogP contribution in [0.2, 0.25) is 0 Å². The van der Waals surface area contributed by atoms with Crippen LogP contribution in [-0.2, 0) is 6.67 Å². The largest absolute Gasteiger partial charge is 0.326 e. The van der Waals surface area contributed by atoms with Gasteiger partial charge >= 0.3 is 6.03 Å². The number of anilines is 2. The highest BCUT2D eigenvalue weighted by Crippen LogP contribution is 2.10. The van der Waals surface area contributed by atoms with Crippen LogP contribution in [0.5, 0.6) is 0 Å². The van der Waals surface area contributed by atoms with Gasteiger partial charge in [-0.1, -0.05) is 0 Å². The van der Waals surface area contributed by atoms with Crippen LogP contribution in [0.3, 0.4) is 0 Å². The third kappa shape index (κ3) is 2.97. The Bertz CT molecular complexity index is 502. The lowest BCUT2D eigenvalue weighted by atomic mass is 10.3. The van der Waals surface area contributed by atoms with Gasteiger partial charge in [-0.25, -0.2) is 9.18 Å². The molecule has 2 aromatic rings. The quantitative estimate of drug-likeness (QED) is 0.845. The monoisotopic (exact) mass is 237 g/mol. The predicted molar refractivity (Wildman–Crippen MR) is 56.0 cm³/mol. The fraction of sp³-hybridized carbons (Fsp3) is 0.111. The molecule has 0 saturated heterocycles. The van der Waals surface area contributed by atoms with E-state index in [1.807, 2.05) is 0 Å². The van der Waals surface area contributed by atoms with Crippen LogP contribution in [-0.4, -0.2) is 21.4 Å². The molecule has 0 bridgehead atoms. The standard InChI is InChI=1S/C9H8FN5O2/c10-2-6-1-7(4-11-3-6)13-9(16)14-8-5-12-15-17-8/h1,3-5H,2H2,(H2,13,14,16). The molecule has 2 amide bonds. The van der Waals surface area contributed by atoms with E-state index in [9.17, 15) is 9.18 Å². The van der Waals surface area contributed by atoms with Crippen molar-refractivity contribution in [3.8, 4) is 0 Å². The zero-order chi connectivity index (χ0) is 12.1. The van der Waals surface area contributed by atoms with Gasteiger partial charge in [-0.2, -0.15) is 0 Å². The fourth-order valence-electron chi connectivity index (χ4n) is 1.13. The summed E-state index contributed by atoms with van der Waals surface area (Å²) in [7, 11) is 0. The summed E-state index contributed by atoms with van der Waals surface area (Å²) in [5.41, 5.74) is 0.759. The molecule has 8 heteroatoms. The number of urea groups is 1. The van der Waals surface area contributed by atoms with E-state index in [-0.39, 0.29) is 5.88 Å². The summed E-state index contributed by atoms with van der Waals surface area (Å²) in [4.78, 5) is 15.2. The minimum atomic E-state index is -0.643. The number of carbonyl (C=O) groups is 1. The van der Waals surface area contributed by atoms with Crippen molar-refractivity contribution in [3.63, 3.8) is 0 Å². The summed E-state index contributed by atoms with van der Waals surface area (Å²) in [6.45, 7) is -0.643. The van der Waals surface area contributed by atoms with E-state index in [4.69, 9.17) is 0 Å². The van der Waals surface area contributed by atoms with Gasteiger partial charge < -0.3 is 9.84 Å². The number of nitrogens with one attached hydrogen (secondary N) is 2. The number of hydrogen-bond donors (Lipinski definition) is 2. The van der Waals surface area contributed by atoms with E-state index < -0.39 is 12.7 Å². The summed E-state index contributed by atoms with van der Waals surface area (Å²) in [5, 5.41) is 11.4. The first-order chi connectivity index (χ1) is 8.28. The summed E-state index contributed by atoms with van der Waals surface area (Å²) in [6, 6.07) is 0.923. The Morgan fingerprint density at radius 1 is 1.35 bits per heavy atom. The molecular weight excluding hydrogens is 229 g/mol. The highest BCUT2D eigenvalue weighted by molar-refractivity contribution is 5.98. The highest BCUT2D eigenvalue weighted by Gasteiger charge is 2.06. The lowest BCUT2D eigenvalue weighted by Gasteiger charge is -2.04. The first-order valence-electron chi connectivity index (χ1n) is 4.63. The molecule has 0 radical (unpaired) electrons. The number of amides is 2. The average molecular weight is 237 g/mol. The molecule has 0 saturated carbocycles. The molecule has 0 aliphatic rings. The van der Waals surface area contributed by atoms with Crippen molar-refractivity contribution in [1.29, 1.82) is 0 Å². The number of carbonyl (C=O) groups excluding carboxylic acids is 1. The highest BCUT2D eigenvalue weighted by atomic mass is 19.1. The maximum absolute atomic E-state index is 12.3. The van der Waals surface area contributed by atoms with Crippen molar-refractivity contribution in [2.75, 3.05) is 10.6 Å². The molecule has 2 N–H and O–H groups in total. The lowest BCUT2D eigenvalue weighted by molar-refractivity contribution is 0.261. The normalized spacial score (nSPS) is 9.94. The average Bonchev–Trinajstić information content (AvgIpc) is 2.82. The number of hydrogen-bond acceptors (Lipinski definition) is 5. The molecule has 0 spiro atoms. The Balaban J connectivity index is 1.98. The van der Waals surface area contributed by atoms with Gasteiger partial charge in [0.1, 0.15) is 12.9 Å². The van der Waals surface area contributed by atoms with Crippen LogP contribution in [0.25, 0.3) is 0 Å². The molecule has 0 aromatic carbocycles. The number of pyridine rings is 1. The number of rotatable bonds is 3. The second kappa shape index (κ2) is 5.01. The topological polar surface area (TPSA) is 92.9 Å². The van der Waals surface area contributed by atoms with Gasteiger partial charge in [0, 0.05) is 17.0 Å². The van der Waals surface area contributed by atoms with Crippen LogP contribution < -0.4 is 10.6 Å². The van der Waals surface area contributed by atoms with Crippen molar-refractivity contribution in [1.82, 2.24) is 15.4 Å². The Morgan fingerprint density at radius 3 is 2.94 bits per heavy atom. The van der Waals surface area contributed by atoms with Crippen molar-refractivity contribution in [2.45, 2.75) is 6.67 Å². The molecule has 0 aliphatic heterocycles. The van der Waals surface area contributed by atoms with E-state index in [2.05, 4.69) is 30.5 Å². The minimum absolute atomic E-state index is 0.108. The maximum Gasteiger partial charge on any atom is 0.326 e. The molecule has 88 valence electrons. The van der Waals surface area contributed by atoms with Gasteiger partial charge in [-0.3, -0.25) is 10.3 Å².